The normalized spacial score (nSPS) is 13.4. The number of nitrogens with two attached hydrogens (primary N) is 2. The van der Waals surface area contributed by atoms with Crippen LogP contribution in [0.2, 0.25) is 0 Å². The molecular formula is C40H47N7O3. The molecule has 50 heavy (non-hydrogen) atoms. The molecule has 2 heterocycles. The first-order chi connectivity index (χ1) is 24.4. The molecule has 4 aromatic carbocycles. The third-order valence-electron chi connectivity index (χ3n) is 9.36. The van der Waals surface area contributed by atoms with Crippen LogP contribution in [-0.4, -0.2) is 71.1 Å². The first kappa shape index (κ1) is 34.8. The van der Waals surface area contributed by atoms with E-state index in [0.717, 1.165) is 104 Å². The van der Waals surface area contributed by atoms with Gasteiger partial charge < -0.3 is 30.4 Å². The highest BCUT2D eigenvalue weighted by atomic mass is 16.5. The first-order valence-electron chi connectivity index (χ1n) is 17.3. The van der Waals surface area contributed by atoms with E-state index in [1.54, 1.807) is 7.11 Å². The van der Waals surface area contributed by atoms with E-state index in [9.17, 15) is 4.79 Å². The monoisotopic (exact) mass is 673 g/mol. The largest absolute Gasteiger partial charge is 0.497 e. The van der Waals surface area contributed by atoms with E-state index in [2.05, 4.69) is 15.5 Å². The van der Waals surface area contributed by atoms with E-state index in [1.165, 1.54) is 0 Å². The van der Waals surface area contributed by atoms with Gasteiger partial charge in [-0.2, -0.15) is 0 Å². The molecule has 1 amide bonds. The number of nitrogens with one attached hydrogen (secondary N) is 1. The topological polar surface area (TPSA) is 136 Å². The summed E-state index contributed by atoms with van der Waals surface area (Å²) >= 11 is 0. The third kappa shape index (κ3) is 8.76. The number of carbonyl (C=O) groups is 1. The summed E-state index contributed by atoms with van der Waals surface area (Å²) in [5.41, 5.74) is 18.9. The van der Waals surface area contributed by atoms with Gasteiger partial charge in [-0.1, -0.05) is 60.7 Å². The van der Waals surface area contributed by atoms with Crippen molar-refractivity contribution in [1.82, 2.24) is 19.4 Å². The van der Waals surface area contributed by atoms with Crippen LogP contribution in [0.4, 0.5) is 0 Å². The predicted octanol–water partition coefficient (Wildman–Crippen LogP) is 5.14. The molecule has 1 aliphatic rings. The van der Waals surface area contributed by atoms with Gasteiger partial charge in [0.15, 0.2) is 0 Å². The van der Waals surface area contributed by atoms with Crippen LogP contribution in [0, 0.1) is 5.41 Å². The van der Waals surface area contributed by atoms with Crippen LogP contribution < -0.4 is 16.2 Å². The van der Waals surface area contributed by atoms with E-state index in [-0.39, 0.29) is 11.7 Å². The second kappa shape index (κ2) is 16.6. The molecule has 10 nitrogen and oxygen atoms in total. The fourth-order valence-corrected chi connectivity index (χ4v) is 6.51. The number of carbonyl (C=O) groups excluding carboxylic acids is 1. The lowest BCUT2D eigenvalue weighted by Gasteiger charge is -2.26. The minimum atomic E-state index is -0.0633. The number of aryl methyl sites for hydroxylation is 3. The minimum absolute atomic E-state index is 0.0633. The Morgan fingerprint density at radius 1 is 0.860 bits per heavy atom. The standard InChI is InChI=1S/C40H47N7O3/c1-49-35-5-2-4-32(24-35)28-46(27-31-8-6-30(26-41)7-9-31)40(48)34-15-16-37-36(25-34)44-38(17-12-29-10-13-33(14-11-29)39(42)43)47(37)19-3-18-45-20-22-50-23-21-45/h2,4-11,13-16,24-25H,3,12,17-23,26-28,41H2,1H3,(H3,42,43). The molecule has 1 aromatic heterocycles. The van der Waals surface area contributed by atoms with Gasteiger partial charge in [-0.3, -0.25) is 15.1 Å². The summed E-state index contributed by atoms with van der Waals surface area (Å²) in [7, 11) is 1.65. The number of nitrogens with zero attached hydrogens (tertiary/aromatic N) is 4. The van der Waals surface area contributed by atoms with Crippen LogP contribution >= 0.6 is 0 Å². The predicted molar refractivity (Wildman–Crippen MR) is 197 cm³/mol. The summed E-state index contributed by atoms with van der Waals surface area (Å²) < 4.78 is 13.3. The van der Waals surface area contributed by atoms with Crippen LogP contribution in [0.1, 0.15) is 50.4 Å². The maximum atomic E-state index is 14.3. The maximum absolute atomic E-state index is 14.3. The SMILES string of the molecule is COc1cccc(CN(Cc2ccc(CN)cc2)C(=O)c2ccc3c(c2)nc(CCc2ccc(C(=N)N)cc2)n3CCCN2CCOCC2)c1. The molecule has 0 bridgehead atoms. The molecular weight excluding hydrogens is 626 g/mol. The zero-order valence-corrected chi connectivity index (χ0v) is 28.8. The van der Waals surface area contributed by atoms with Crippen molar-refractivity contribution in [2.45, 2.75) is 45.4 Å². The summed E-state index contributed by atoms with van der Waals surface area (Å²) in [4.78, 5) is 23.8. The number of nitrogen functional groups attached to an aromatic ring is 1. The molecule has 0 atom stereocenters. The molecule has 1 saturated heterocycles. The Labute approximate surface area is 294 Å². The number of methoxy groups -OCH3 is 1. The van der Waals surface area contributed by atoms with Crippen molar-refractivity contribution >= 4 is 22.8 Å². The number of aromatic nitrogens is 2. The van der Waals surface area contributed by atoms with Crippen LogP contribution in [0.15, 0.2) is 91.0 Å². The lowest BCUT2D eigenvalue weighted by Crippen LogP contribution is -2.37. The molecule has 1 aliphatic heterocycles. The molecule has 1 fully saturated rings. The average molecular weight is 674 g/mol. The van der Waals surface area contributed by atoms with Crippen molar-refractivity contribution in [1.29, 1.82) is 5.41 Å². The number of fused-ring (bicyclic) bond motifs is 1. The average Bonchev–Trinajstić information content (AvgIpc) is 3.50. The lowest BCUT2D eigenvalue weighted by molar-refractivity contribution is 0.0369. The van der Waals surface area contributed by atoms with Crippen molar-refractivity contribution in [2.24, 2.45) is 11.5 Å². The van der Waals surface area contributed by atoms with Gasteiger partial charge in [-0.05, 0) is 65.4 Å². The first-order valence-corrected chi connectivity index (χ1v) is 17.3. The van der Waals surface area contributed by atoms with Gasteiger partial charge in [0.2, 0.25) is 0 Å². The van der Waals surface area contributed by atoms with Gasteiger partial charge >= 0.3 is 0 Å². The van der Waals surface area contributed by atoms with Crippen molar-refractivity contribution in [3.05, 3.63) is 130 Å². The summed E-state index contributed by atoms with van der Waals surface area (Å²) in [6.45, 7) is 6.67. The zero-order chi connectivity index (χ0) is 34.9. The molecule has 10 heteroatoms. The highest BCUT2D eigenvalue weighted by Gasteiger charge is 2.20. The summed E-state index contributed by atoms with van der Waals surface area (Å²) in [6.07, 6.45) is 2.54. The Kier molecular flexibility index (Phi) is 11.5. The number of imidazole rings is 1. The van der Waals surface area contributed by atoms with Crippen LogP contribution in [0.5, 0.6) is 5.75 Å². The molecule has 260 valence electrons. The molecule has 5 N–H and O–H groups in total. The Balaban J connectivity index is 1.27. The van der Waals surface area contributed by atoms with Crippen molar-refractivity contribution in [3.8, 4) is 5.75 Å². The number of ether oxygens (including phenoxy) is 2. The number of amides is 1. The number of hydrogen-bond donors (Lipinski definition) is 3. The van der Waals surface area contributed by atoms with Gasteiger partial charge in [-0.25, -0.2) is 4.98 Å². The van der Waals surface area contributed by atoms with Gasteiger partial charge in [0.25, 0.3) is 5.91 Å². The zero-order valence-electron chi connectivity index (χ0n) is 28.8. The molecule has 0 radical (unpaired) electrons. The van der Waals surface area contributed by atoms with E-state index in [1.807, 2.05) is 89.8 Å². The Bertz CT molecular complexity index is 1900. The molecule has 0 aliphatic carbocycles. The van der Waals surface area contributed by atoms with Crippen molar-refractivity contribution < 1.29 is 14.3 Å². The number of rotatable bonds is 15. The van der Waals surface area contributed by atoms with Crippen LogP contribution in [0.3, 0.4) is 0 Å². The van der Waals surface area contributed by atoms with Crippen LogP contribution in [0.25, 0.3) is 11.0 Å². The molecule has 6 rings (SSSR count). The second-order valence-electron chi connectivity index (χ2n) is 12.8. The Morgan fingerprint density at radius 2 is 1.56 bits per heavy atom. The van der Waals surface area contributed by atoms with Gasteiger partial charge in [0.1, 0.15) is 17.4 Å². The number of morpholine rings is 1. The van der Waals surface area contributed by atoms with Crippen molar-refractivity contribution in [2.75, 3.05) is 40.0 Å². The highest BCUT2D eigenvalue weighted by molar-refractivity contribution is 5.97. The molecule has 0 spiro atoms. The van der Waals surface area contributed by atoms with E-state index < -0.39 is 0 Å². The van der Waals surface area contributed by atoms with E-state index in [4.69, 9.17) is 31.3 Å². The van der Waals surface area contributed by atoms with Crippen LogP contribution in [-0.2, 0) is 43.8 Å². The fraction of sp³-hybridized carbons (Fsp3) is 0.325. The van der Waals surface area contributed by atoms with Gasteiger partial charge in [0, 0.05) is 63.4 Å². The smallest absolute Gasteiger partial charge is 0.254 e. The fourth-order valence-electron chi connectivity index (χ4n) is 6.51. The Hall–Kier alpha value is -5.03. The minimum Gasteiger partial charge on any atom is -0.497 e. The van der Waals surface area contributed by atoms with E-state index in [0.29, 0.717) is 30.8 Å². The summed E-state index contributed by atoms with van der Waals surface area (Å²) in [5.74, 6) is 1.75. The lowest BCUT2D eigenvalue weighted by atomic mass is 10.1. The van der Waals surface area contributed by atoms with E-state index >= 15 is 0 Å². The van der Waals surface area contributed by atoms with Gasteiger partial charge in [0.05, 0.1) is 31.4 Å². The molecule has 5 aromatic rings. The van der Waals surface area contributed by atoms with Crippen molar-refractivity contribution in [3.63, 3.8) is 0 Å². The summed E-state index contributed by atoms with van der Waals surface area (Å²) in [6, 6.07) is 29.7. The van der Waals surface area contributed by atoms with Gasteiger partial charge in [-0.15, -0.1) is 0 Å². The summed E-state index contributed by atoms with van der Waals surface area (Å²) in [5, 5.41) is 7.71. The number of hydrogen-bond acceptors (Lipinski definition) is 7. The maximum Gasteiger partial charge on any atom is 0.254 e. The Morgan fingerprint density at radius 3 is 2.28 bits per heavy atom. The quantitative estimate of drug-likeness (QED) is 0.104. The molecule has 0 unspecified atom stereocenters. The third-order valence-corrected chi connectivity index (χ3v) is 9.36. The second-order valence-corrected chi connectivity index (χ2v) is 12.8. The molecule has 0 saturated carbocycles. The number of amidine groups is 1. The number of benzene rings is 4. The highest BCUT2D eigenvalue weighted by Crippen LogP contribution is 2.24.